The van der Waals surface area contributed by atoms with Crippen molar-refractivity contribution >= 4 is 5.82 Å². The Morgan fingerprint density at radius 1 is 1.28 bits per heavy atom. The highest BCUT2D eigenvalue weighted by atomic mass is 19.4. The molecular weight excluding hydrogens is 241 g/mol. The highest BCUT2D eigenvalue weighted by molar-refractivity contribution is 5.39. The van der Waals surface area contributed by atoms with Crippen LogP contribution in [0.25, 0.3) is 0 Å². The van der Waals surface area contributed by atoms with E-state index in [0.717, 1.165) is 25.0 Å². The van der Waals surface area contributed by atoms with Crippen LogP contribution in [0, 0.1) is 5.92 Å². The number of hydrogen-bond acceptors (Lipinski definition) is 2. The predicted octanol–water partition coefficient (Wildman–Crippen LogP) is 4.34. The zero-order chi connectivity index (χ0) is 13.8. The van der Waals surface area contributed by atoms with Gasteiger partial charge in [0.1, 0.15) is 5.82 Å². The molecule has 102 valence electrons. The normalized spacial score (nSPS) is 13.7. The molecule has 0 fully saturated rings. The molecule has 1 rings (SSSR count). The van der Waals surface area contributed by atoms with Gasteiger partial charge in [-0.25, -0.2) is 4.98 Å². The van der Waals surface area contributed by atoms with Gasteiger partial charge in [-0.1, -0.05) is 26.7 Å². The fourth-order valence-electron chi connectivity index (χ4n) is 2.03. The number of hydrogen-bond donors (Lipinski definition) is 1. The van der Waals surface area contributed by atoms with Gasteiger partial charge in [-0.15, -0.1) is 0 Å². The van der Waals surface area contributed by atoms with E-state index in [2.05, 4.69) is 24.1 Å². The zero-order valence-electron chi connectivity index (χ0n) is 10.9. The van der Waals surface area contributed by atoms with Crippen molar-refractivity contribution in [1.82, 2.24) is 4.98 Å². The number of halogens is 3. The average Bonchev–Trinajstić information content (AvgIpc) is 2.29. The maximum absolute atomic E-state index is 12.5. The first kappa shape index (κ1) is 14.8. The maximum atomic E-state index is 12.5. The topological polar surface area (TPSA) is 24.9 Å². The molecule has 0 spiro atoms. The zero-order valence-corrected chi connectivity index (χ0v) is 10.9. The number of nitrogens with zero attached hydrogens (tertiary/aromatic N) is 1. The smallest absolute Gasteiger partial charge is 0.367 e. The second-order valence-corrected chi connectivity index (χ2v) is 4.44. The minimum atomic E-state index is -4.32. The summed E-state index contributed by atoms with van der Waals surface area (Å²) in [5.41, 5.74) is -0.670. The summed E-state index contributed by atoms with van der Waals surface area (Å²) in [4.78, 5) is 3.93. The Balaban J connectivity index is 2.79. The molecule has 1 aromatic heterocycles. The number of rotatable bonds is 5. The quantitative estimate of drug-likeness (QED) is 0.852. The van der Waals surface area contributed by atoms with Crippen LogP contribution in [0.1, 0.15) is 39.2 Å². The molecule has 0 aliphatic carbocycles. The molecule has 0 aliphatic heterocycles. The first-order chi connectivity index (χ1) is 8.38. The van der Waals surface area contributed by atoms with E-state index >= 15 is 0 Å². The second-order valence-electron chi connectivity index (χ2n) is 4.44. The molecule has 1 aromatic rings. The van der Waals surface area contributed by atoms with Gasteiger partial charge in [-0.3, -0.25) is 0 Å². The summed E-state index contributed by atoms with van der Waals surface area (Å²) in [5.74, 6) is 0.713. The summed E-state index contributed by atoms with van der Waals surface area (Å²) in [6.07, 6.45) is -1.16. The summed E-state index contributed by atoms with van der Waals surface area (Å²) in [5, 5.41) is 3.05. The van der Waals surface area contributed by atoms with Gasteiger partial charge in [-0.05, 0) is 25.0 Å². The van der Waals surface area contributed by atoms with Gasteiger partial charge >= 0.3 is 6.18 Å². The first-order valence-corrected chi connectivity index (χ1v) is 6.18. The van der Waals surface area contributed by atoms with E-state index < -0.39 is 11.7 Å². The van der Waals surface area contributed by atoms with Crippen molar-refractivity contribution in [3.63, 3.8) is 0 Å². The van der Waals surface area contributed by atoms with E-state index in [4.69, 9.17) is 0 Å². The van der Waals surface area contributed by atoms with Gasteiger partial charge in [0.05, 0.1) is 5.56 Å². The van der Waals surface area contributed by atoms with Crippen LogP contribution in [0.4, 0.5) is 19.0 Å². The Labute approximate surface area is 106 Å². The standard InChI is InChI=1S/C13H19F3N2/c1-4-10(5-2)9(3)18-12-8-11(6-7-17-12)13(14,15)16/h6-10H,4-5H2,1-3H3,(H,17,18). The van der Waals surface area contributed by atoms with Crippen LogP contribution in [0.5, 0.6) is 0 Å². The minimum absolute atomic E-state index is 0.107. The molecule has 18 heavy (non-hydrogen) atoms. The van der Waals surface area contributed by atoms with Crippen LogP contribution in [0.15, 0.2) is 18.3 Å². The third kappa shape index (κ3) is 3.89. The van der Waals surface area contributed by atoms with Gasteiger partial charge in [0.2, 0.25) is 0 Å². The molecule has 0 radical (unpaired) electrons. The van der Waals surface area contributed by atoms with Crippen molar-refractivity contribution in [2.75, 3.05) is 5.32 Å². The Bertz CT molecular complexity index is 373. The van der Waals surface area contributed by atoms with Crippen molar-refractivity contribution in [3.8, 4) is 0 Å². The molecule has 1 N–H and O–H groups in total. The van der Waals surface area contributed by atoms with Crippen LogP contribution in [0.3, 0.4) is 0 Å². The number of nitrogens with one attached hydrogen (secondary N) is 1. The van der Waals surface area contributed by atoms with Crippen molar-refractivity contribution < 1.29 is 13.2 Å². The van der Waals surface area contributed by atoms with E-state index in [1.807, 2.05) is 6.92 Å². The summed E-state index contributed by atoms with van der Waals surface area (Å²) in [6.45, 7) is 6.12. The van der Waals surface area contributed by atoms with Crippen molar-refractivity contribution in [1.29, 1.82) is 0 Å². The van der Waals surface area contributed by atoms with Crippen molar-refractivity contribution in [2.45, 2.75) is 45.8 Å². The Hall–Kier alpha value is -1.26. The average molecular weight is 260 g/mol. The van der Waals surface area contributed by atoms with Gasteiger partial charge in [0, 0.05) is 12.2 Å². The molecule has 1 atom stereocenters. The van der Waals surface area contributed by atoms with Gasteiger partial charge in [0.15, 0.2) is 0 Å². The molecule has 0 bridgehead atoms. The lowest BCUT2D eigenvalue weighted by Gasteiger charge is -2.23. The second kappa shape index (κ2) is 6.07. The van der Waals surface area contributed by atoms with Crippen LogP contribution in [-0.4, -0.2) is 11.0 Å². The molecule has 0 aliphatic rings. The lowest BCUT2D eigenvalue weighted by Crippen LogP contribution is -2.25. The molecule has 0 saturated carbocycles. The molecule has 2 nitrogen and oxygen atoms in total. The molecular formula is C13H19F3N2. The molecule has 1 unspecified atom stereocenters. The number of alkyl halides is 3. The van der Waals surface area contributed by atoms with E-state index in [1.165, 1.54) is 6.20 Å². The summed E-state index contributed by atoms with van der Waals surface area (Å²) in [6, 6.07) is 2.14. The van der Waals surface area contributed by atoms with Crippen LogP contribution in [0.2, 0.25) is 0 Å². The van der Waals surface area contributed by atoms with Crippen LogP contribution in [-0.2, 0) is 6.18 Å². The first-order valence-electron chi connectivity index (χ1n) is 6.18. The van der Waals surface area contributed by atoms with Crippen LogP contribution >= 0.6 is 0 Å². The van der Waals surface area contributed by atoms with E-state index in [9.17, 15) is 13.2 Å². The Kier molecular flexibility index (Phi) is 4.99. The monoisotopic (exact) mass is 260 g/mol. The Morgan fingerprint density at radius 2 is 1.89 bits per heavy atom. The number of aromatic nitrogens is 1. The summed E-state index contributed by atoms with van der Waals surface area (Å²) in [7, 11) is 0. The van der Waals surface area contributed by atoms with E-state index in [0.29, 0.717) is 5.92 Å². The largest absolute Gasteiger partial charge is 0.416 e. The highest BCUT2D eigenvalue weighted by Gasteiger charge is 2.30. The fraction of sp³-hybridized carbons (Fsp3) is 0.615. The van der Waals surface area contributed by atoms with Gasteiger partial charge in [-0.2, -0.15) is 13.2 Å². The minimum Gasteiger partial charge on any atom is -0.367 e. The fourth-order valence-corrected chi connectivity index (χ4v) is 2.03. The molecule has 0 aromatic carbocycles. The number of pyridine rings is 1. The molecule has 0 saturated heterocycles. The lowest BCUT2D eigenvalue weighted by molar-refractivity contribution is -0.137. The summed E-state index contributed by atoms with van der Waals surface area (Å²) < 4.78 is 37.6. The third-order valence-corrected chi connectivity index (χ3v) is 3.22. The predicted molar refractivity (Wildman–Crippen MR) is 66.4 cm³/mol. The van der Waals surface area contributed by atoms with E-state index in [1.54, 1.807) is 0 Å². The molecule has 5 heteroatoms. The SMILES string of the molecule is CCC(CC)C(C)Nc1cc(C(F)(F)F)ccn1. The summed E-state index contributed by atoms with van der Waals surface area (Å²) >= 11 is 0. The lowest BCUT2D eigenvalue weighted by atomic mass is 9.95. The van der Waals surface area contributed by atoms with E-state index in [-0.39, 0.29) is 11.9 Å². The van der Waals surface area contributed by atoms with Gasteiger partial charge < -0.3 is 5.32 Å². The Morgan fingerprint density at radius 3 is 2.39 bits per heavy atom. The highest BCUT2D eigenvalue weighted by Crippen LogP contribution is 2.30. The van der Waals surface area contributed by atoms with Crippen LogP contribution < -0.4 is 5.32 Å². The molecule has 1 heterocycles. The number of anilines is 1. The van der Waals surface area contributed by atoms with Gasteiger partial charge in [0.25, 0.3) is 0 Å². The maximum Gasteiger partial charge on any atom is 0.416 e. The third-order valence-electron chi connectivity index (χ3n) is 3.22. The van der Waals surface area contributed by atoms with Crippen molar-refractivity contribution in [2.24, 2.45) is 5.92 Å². The molecule has 0 amide bonds. The van der Waals surface area contributed by atoms with Crippen molar-refractivity contribution in [3.05, 3.63) is 23.9 Å².